The van der Waals surface area contributed by atoms with E-state index in [2.05, 4.69) is 20.6 Å². The number of nitrogens with one attached hydrogen (secondary N) is 3. The first-order chi connectivity index (χ1) is 7.42. The molecule has 0 spiro atoms. The fourth-order valence-corrected chi connectivity index (χ4v) is 1.99. The maximum atomic E-state index is 4.48. The second kappa shape index (κ2) is 4.72. The Balaban J connectivity index is 0.000000963. The summed E-state index contributed by atoms with van der Waals surface area (Å²) in [6.07, 6.45) is 1.16. The minimum atomic E-state index is 0. The van der Waals surface area contributed by atoms with Gasteiger partial charge in [-0.05, 0) is 25.1 Å². The van der Waals surface area contributed by atoms with Gasteiger partial charge in [-0.2, -0.15) is 0 Å². The number of hydrogen-bond acceptors (Lipinski definition) is 3. The quantitative estimate of drug-likeness (QED) is 0.747. The van der Waals surface area contributed by atoms with Crippen LogP contribution in [0.5, 0.6) is 0 Å². The normalized spacial score (nSPS) is 19.6. The van der Waals surface area contributed by atoms with Crippen molar-refractivity contribution >= 4 is 29.4 Å². The molecular weight excluding hydrogens is 224 g/mol. The first-order valence-electron chi connectivity index (χ1n) is 5.34. The van der Waals surface area contributed by atoms with Gasteiger partial charge < -0.3 is 15.6 Å². The van der Waals surface area contributed by atoms with E-state index in [-0.39, 0.29) is 12.4 Å². The highest BCUT2D eigenvalue weighted by Crippen LogP contribution is 2.14. The van der Waals surface area contributed by atoms with E-state index in [0.29, 0.717) is 6.04 Å². The van der Waals surface area contributed by atoms with Gasteiger partial charge in [0.05, 0.1) is 11.0 Å². The largest absolute Gasteiger partial charge is 0.352 e. The molecule has 86 valence electrons. The lowest BCUT2D eigenvalue weighted by Gasteiger charge is -2.08. The molecule has 5 heteroatoms. The number of hydrogen-bond donors (Lipinski definition) is 3. The third-order valence-electron chi connectivity index (χ3n) is 2.79. The first-order valence-corrected chi connectivity index (χ1v) is 5.34. The van der Waals surface area contributed by atoms with Crippen LogP contribution in [0.4, 0.5) is 5.95 Å². The molecule has 1 saturated heterocycles. The number of benzene rings is 1. The average Bonchev–Trinajstić information content (AvgIpc) is 2.86. The van der Waals surface area contributed by atoms with E-state index in [0.717, 1.165) is 36.5 Å². The van der Waals surface area contributed by atoms with Crippen LogP contribution in [0.25, 0.3) is 11.0 Å². The molecule has 4 nitrogen and oxygen atoms in total. The Morgan fingerprint density at radius 3 is 2.94 bits per heavy atom. The lowest BCUT2D eigenvalue weighted by atomic mass is 10.3. The highest BCUT2D eigenvalue weighted by molar-refractivity contribution is 5.85. The summed E-state index contributed by atoms with van der Waals surface area (Å²) < 4.78 is 0. The minimum absolute atomic E-state index is 0. The summed E-state index contributed by atoms with van der Waals surface area (Å²) in [6.45, 7) is 2.12. The number of nitrogens with zero attached hydrogens (tertiary/aromatic N) is 1. The molecule has 3 N–H and O–H groups in total. The Bertz CT molecular complexity index is 429. The van der Waals surface area contributed by atoms with Gasteiger partial charge in [-0.3, -0.25) is 0 Å². The molecule has 1 atom stereocenters. The molecule has 1 aromatic carbocycles. The Hall–Kier alpha value is -1.26. The molecule has 0 unspecified atom stereocenters. The molecule has 0 saturated carbocycles. The van der Waals surface area contributed by atoms with E-state index in [1.165, 1.54) is 0 Å². The van der Waals surface area contributed by atoms with E-state index in [4.69, 9.17) is 0 Å². The van der Waals surface area contributed by atoms with Crippen LogP contribution in [0.3, 0.4) is 0 Å². The van der Waals surface area contributed by atoms with Crippen LogP contribution in [-0.4, -0.2) is 29.1 Å². The zero-order valence-electron chi connectivity index (χ0n) is 8.86. The van der Waals surface area contributed by atoms with Crippen LogP contribution in [0.15, 0.2) is 24.3 Å². The van der Waals surface area contributed by atoms with Gasteiger partial charge in [0.2, 0.25) is 5.95 Å². The minimum Gasteiger partial charge on any atom is -0.352 e. The predicted octanol–water partition coefficient (Wildman–Crippen LogP) is 1.76. The monoisotopic (exact) mass is 238 g/mol. The SMILES string of the molecule is Cl.c1ccc2[nH]c(N[C@@H]3CCNC3)nc2c1. The molecule has 2 heterocycles. The van der Waals surface area contributed by atoms with Crippen LogP contribution in [0.2, 0.25) is 0 Å². The van der Waals surface area contributed by atoms with Gasteiger partial charge in [0.1, 0.15) is 0 Å². The summed E-state index contributed by atoms with van der Waals surface area (Å²) >= 11 is 0. The average molecular weight is 239 g/mol. The van der Waals surface area contributed by atoms with Crippen LogP contribution >= 0.6 is 12.4 Å². The number of H-pyrrole nitrogens is 1. The molecule has 0 radical (unpaired) electrons. The van der Waals surface area contributed by atoms with E-state index in [1.54, 1.807) is 0 Å². The van der Waals surface area contributed by atoms with Gasteiger partial charge >= 0.3 is 0 Å². The number of anilines is 1. The molecule has 1 aliphatic rings. The highest BCUT2D eigenvalue weighted by atomic mass is 35.5. The van der Waals surface area contributed by atoms with Crippen molar-refractivity contribution in [3.63, 3.8) is 0 Å². The molecular formula is C11H15ClN4. The van der Waals surface area contributed by atoms with Gasteiger partial charge in [0.25, 0.3) is 0 Å². The van der Waals surface area contributed by atoms with E-state index in [1.807, 2.05) is 24.3 Å². The Labute approximate surface area is 100 Å². The zero-order chi connectivity index (χ0) is 10.1. The summed E-state index contributed by atoms with van der Waals surface area (Å²) in [4.78, 5) is 7.75. The second-order valence-corrected chi connectivity index (χ2v) is 3.94. The third kappa shape index (κ3) is 2.13. The third-order valence-corrected chi connectivity index (χ3v) is 2.79. The van der Waals surface area contributed by atoms with Crippen molar-refractivity contribution in [1.29, 1.82) is 0 Å². The Morgan fingerprint density at radius 2 is 2.19 bits per heavy atom. The second-order valence-electron chi connectivity index (χ2n) is 3.94. The Kier molecular flexibility index (Phi) is 3.31. The summed E-state index contributed by atoms with van der Waals surface area (Å²) in [6, 6.07) is 8.58. The number of aromatic nitrogens is 2. The molecule has 0 amide bonds. The molecule has 1 aromatic heterocycles. The highest BCUT2D eigenvalue weighted by Gasteiger charge is 2.15. The van der Waals surface area contributed by atoms with Gasteiger partial charge in [0, 0.05) is 12.6 Å². The molecule has 1 fully saturated rings. The molecule has 2 aromatic rings. The van der Waals surface area contributed by atoms with Crippen molar-refractivity contribution in [2.24, 2.45) is 0 Å². The summed E-state index contributed by atoms with van der Waals surface area (Å²) in [5, 5.41) is 6.72. The maximum Gasteiger partial charge on any atom is 0.201 e. The molecule has 16 heavy (non-hydrogen) atoms. The number of aromatic amines is 1. The van der Waals surface area contributed by atoms with Crippen molar-refractivity contribution in [1.82, 2.24) is 15.3 Å². The standard InChI is InChI=1S/C11H14N4.ClH/c1-2-4-10-9(3-1)14-11(15-10)13-8-5-6-12-7-8;/h1-4,8,12H,5-7H2,(H2,13,14,15);1H/t8-;/m1./s1. The number of imidazole rings is 1. The van der Waals surface area contributed by atoms with Crippen molar-refractivity contribution < 1.29 is 0 Å². The fraction of sp³-hybridized carbons (Fsp3) is 0.364. The lowest BCUT2D eigenvalue weighted by molar-refractivity contribution is 0.784. The van der Waals surface area contributed by atoms with Crippen LogP contribution in [0, 0.1) is 0 Å². The van der Waals surface area contributed by atoms with E-state index < -0.39 is 0 Å². The van der Waals surface area contributed by atoms with Gasteiger partial charge in [-0.25, -0.2) is 4.98 Å². The lowest BCUT2D eigenvalue weighted by Crippen LogP contribution is -2.22. The molecule has 0 bridgehead atoms. The molecule has 1 aliphatic heterocycles. The number of rotatable bonds is 2. The van der Waals surface area contributed by atoms with Crippen LogP contribution in [-0.2, 0) is 0 Å². The van der Waals surface area contributed by atoms with Crippen molar-refractivity contribution in [2.45, 2.75) is 12.5 Å². The van der Waals surface area contributed by atoms with Crippen molar-refractivity contribution in [3.05, 3.63) is 24.3 Å². The van der Waals surface area contributed by atoms with Gasteiger partial charge in [-0.15, -0.1) is 12.4 Å². The van der Waals surface area contributed by atoms with E-state index >= 15 is 0 Å². The van der Waals surface area contributed by atoms with Gasteiger partial charge in [-0.1, -0.05) is 12.1 Å². The Morgan fingerprint density at radius 1 is 1.31 bits per heavy atom. The fourth-order valence-electron chi connectivity index (χ4n) is 1.99. The summed E-state index contributed by atoms with van der Waals surface area (Å²) in [5.74, 6) is 0.880. The van der Waals surface area contributed by atoms with Crippen LogP contribution in [0.1, 0.15) is 6.42 Å². The maximum absolute atomic E-state index is 4.48. The molecule has 0 aliphatic carbocycles. The summed E-state index contributed by atoms with van der Waals surface area (Å²) in [7, 11) is 0. The van der Waals surface area contributed by atoms with Crippen LogP contribution < -0.4 is 10.6 Å². The van der Waals surface area contributed by atoms with Crippen molar-refractivity contribution in [3.8, 4) is 0 Å². The molecule has 3 rings (SSSR count). The summed E-state index contributed by atoms with van der Waals surface area (Å²) in [5.41, 5.74) is 2.11. The van der Waals surface area contributed by atoms with E-state index in [9.17, 15) is 0 Å². The zero-order valence-corrected chi connectivity index (χ0v) is 9.68. The van der Waals surface area contributed by atoms with Gasteiger partial charge in [0.15, 0.2) is 0 Å². The topological polar surface area (TPSA) is 52.7 Å². The van der Waals surface area contributed by atoms with Crippen molar-refractivity contribution in [2.75, 3.05) is 18.4 Å². The predicted molar refractivity (Wildman–Crippen MR) is 68.2 cm³/mol. The smallest absolute Gasteiger partial charge is 0.201 e. The number of para-hydroxylation sites is 2. The first kappa shape index (κ1) is 11.2. The number of fused-ring (bicyclic) bond motifs is 1. The number of halogens is 1.